The first-order valence-electron chi connectivity index (χ1n) is 13.1. The minimum atomic E-state index is -2.48. The molecule has 0 radical (unpaired) electrons. The van der Waals surface area contributed by atoms with Gasteiger partial charge in [0.05, 0.1) is 4.91 Å². The predicted molar refractivity (Wildman–Crippen MR) is 168 cm³/mol. The second kappa shape index (κ2) is 11.1. The van der Waals surface area contributed by atoms with Crippen molar-refractivity contribution in [1.29, 1.82) is 0 Å². The molecule has 0 bridgehead atoms. The van der Waals surface area contributed by atoms with Crippen LogP contribution in [0.15, 0.2) is 100 Å². The average molecular weight is 571 g/mol. The third-order valence-corrected chi connectivity index (χ3v) is 12.9. The van der Waals surface area contributed by atoms with Crippen LogP contribution in [0.3, 0.4) is 0 Å². The zero-order valence-electron chi connectivity index (χ0n) is 21.7. The fraction of sp³-hybridized carbons (Fsp3) is 0.194. The SMILES string of the molecule is CN1C(=O)/C(=C\c2nc([P+](c3ccccc3)(c3ccccc3)c3ccccc3)c(N3CCCCC3)o2)SC1=S. The van der Waals surface area contributed by atoms with E-state index in [0.29, 0.717) is 15.1 Å². The number of anilines is 1. The number of hydrogen-bond donors (Lipinski definition) is 0. The van der Waals surface area contributed by atoms with E-state index in [0.717, 1.165) is 37.3 Å². The van der Waals surface area contributed by atoms with E-state index in [1.54, 1.807) is 13.1 Å². The lowest BCUT2D eigenvalue weighted by Gasteiger charge is -2.30. The number of rotatable bonds is 6. The zero-order valence-corrected chi connectivity index (χ0v) is 24.2. The van der Waals surface area contributed by atoms with Gasteiger partial charge in [0.2, 0.25) is 5.89 Å². The molecule has 196 valence electrons. The van der Waals surface area contributed by atoms with Crippen molar-refractivity contribution in [1.82, 2.24) is 9.88 Å². The third kappa shape index (κ3) is 4.73. The van der Waals surface area contributed by atoms with Crippen molar-refractivity contribution in [2.24, 2.45) is 0 Å². The van der Waals surface area contributed by atoms with Gasteiger partial charge >= 0.3 is 0 Å². The Labute approximate surface area is 239 Å². The number of carbonyl (C=O) groups is 1. The van der Waals surface area contributed by atoms with Crippen LogP contribution in [0.4, 0.5) is 5.88 Å². The molecule has 0 spiro atoms. The Morgan fingerprint density at radius 3 is 1.82 bits per heavy atom. The standard InChI is InChI=1S/C31H29N3O2PS2/c1-33-29(35)26(39-31(33)38)22-27-32-28(30(36-27)34-20-12-5-13-21-34)37(23-14-6-2-7-15-23,24-16-8-3-9-17-24)25-18-10-4-11-19-25/h2-4,6-11,14-19,22H,5,12-13,20-21H2,1H3/q+1/b26-22+. The summed E-state index contributed by atoms with van der Waals surface area (Å²) in [6.45, 7) is 1.83. The molecule has 6 rings (SSSR count). The summed E-state index contributed by atoms with van der Waals surface area (Å²) < 4.78 is 7.18. The van der Waals surface area contributed by atoms with Crippen LogP contribution in [0.5, 0.6) is 0 Å². The van der Waals surface area contributed by atoms with Crippen molar-refractivity contribution in [3.05, 3.63) is 102 Å². The number of piperidine rings is 1. The van der Waals surface area contributed by atoms with Crippen molar-refractivity contribution in [2.75, 3.05) is 25.0 Å². The van der Waals surface area contributed by atoms with Gasteiger partial charge in [0.15, 0.2) is 7.26 Å². The molecule has 0 saturated carbocycles. The smallest absolute Gasteiger partial charge is 0.266 e. The lowest BCUT2D eigenvalue weighted by molar-refractivity contribution is -0.121. The van der Waals surface area contributed by atoms with Crippen LogP contribution in [0.2, 0.25) is 0 Å². The van der Waals surface area contributed by atoms with Gasteiger partial charge in [-0.15, -0.1) is 0 Å². The highest BCUT2D eigenvalue weighted by molar-refractivity contribution is 8.26. The Kier molecular flexibility index (Phi) is 7.39. The van der Waals surface area contributed by atoms with E-state index >= 15 is 0 Å². The highest BCUT2D eigenvalue weighted by Crippen LogP contribution is 2.56. The summed E-state index contributed by atoms with van der Waals surface area (Å²) in [5.74, 6) is 1.11. The molecule has 2 fully saturated rings. The molecule has 1 amide bonds. The van der Waals surface area contributed by atoms with Crippen molar-refractivity contribution in [2.45, 2.75) is 19.3 Å². The number of likely N-dealkylation sites (N-methyl/N-ethyl adjacent to an activating group) is 1. The molecule has 4 aromatic rings. The fourth-order valence-corrected chi connectivity index (χ4v) is 10.7. The van der Waals surface area contributed by atoms with E-state index < -0.39 is 7.26 Å². The van der Waals surface area contributed by atoms with E-state index in [2.05, 4.69) is 95.9 Å². The summed E-state index contributed by atoms with van der Waals surface area (Å²) in [5.41, 5.74) is 0.936. The first-order valence-corrected chi connectivity index (χ1v) is 16.1. The van der Waals surface area contributed by atoms with Crippen LogP contribution < -0.4 is 26.2 Å². The van der Waals surface area contributed by atoms with E-state index in [4.69, 9.17) is 21.6 Å². The second-order valence-corrected chi connectivity index (χ2v) is 14.6. The number of thioether (sulfide) groups is 1. The maximum absolute atomic E-state index is 12.9. The van der Waals surface area contributed by atoms with Gasteiger partial charge in [0, 0.05) is 26.2 Å². The molecule has 0 N–H and O–H groups in total. The number of carbonyl (C=O) groups excluding carboxylic acids is 1. The normalized spacial score (nSPS) is 17.3. The number of aromatic nitrogens is 1. The predicted octanol–water partition coefficient (Wildman–Crippen LogP) is 5.12. The van der Waals surface area contributed by atoms with Crippen molar-refractivity contribution in [3.8, 4) is 0 Å². The molecule has 3 heterocycles. The summed E-state index contributed by atoms with van der Waals surface area (Å²) in [7, 11) is -0.773. The van der Waals surface area contributed by atoms with Crippen molar-refractivity contribution < 1.29 is 9.21 Å². The largest absolute Gasteiger partial charge is 0.417 e. The second-order valence-electron chi connectivity index (χ2n) is 9.65. The van der Waals surface area contributed by atoms with E-state index in [1.807, 2.05) is 0 Å². The number of amides is 1. The Balaban J connectivity index is 1.66. The molecular weight excluding hydrogens is 541 g/mol. The number of hydrogen-bond acceptors (Lipinski definition) is 6. The minimum Gasteiger partial charge on any atom is -0.417 e. The van der Waals surface area contributed by atoms with E-state index in [-0.39, 0.29) is 5.91 Å². The highest BCUT2D eigenvalue weighted by Gasteiger charge is 2.53. The summed E-state index contributed by atoms with van der Waals surface area (Å²) in [5, 5.41) is 3.63. The van der Waals surface area contributed by atoms with Crippen LogP contribution in [0, 0.1) is 0 Å². The Hall–Kier alpha value is -3.25. The quantitative estimate of drug-likeness (QED) is 0.182. The van der Waals surface area contributed by atoms with Crippen molar-refractivity contribution >= 4 is 74.8 Å². The molecule has 2 aliphatic rings. The van der Waals surface area contributed by atoms with Crippen LogP contribution in [0.25, 0.3) is 6.08 Å². The maximum Gasteiger partial charge on any atom is 0.266 e. The molecule has 5 nitrogen and oxygen atoms in total. The summed E-state index contributed by atoms with van der Waals surface area (Å²) in [4.78, 5) is 22.5. The van der Waals surface area contributed by atoms with Gasteiger partial charge in [0.25, 0.3) is 17.2 Å². The average Bonchev–Trinajstić information content (AvgIpc) is 3.52. The van der Waals surface area contributed by atoms with Gasteiger partial charge in [0.1, 0.15) is 20.2 Å². The van der Waals surface area contributed by atoms with Gasteiger partial charge in [-0.25, -0.2) is 0 Å². The first-order chi connectivity index (χ1) is 19.1. The topological polar surface area (TPSA) is 49.6 Å². The minimum absolute atomic E-state index is 0.125. The number of benzene rings is 3. The molecular formula is C31H29N3O2PS2+. The number of thiocarbonyl (C=S) groups is 1. The van der Waals surface area contributed by atoms with E-state index in [1.165, 1.54) is 39.0 Å². The van der Waals surface area contributed by atoms with Gasteiger partial charge in [-0.3, -0.25) is 9.69 Å². The van der Waals surface area contributed by atoms with Crippen LogP contribution in [-0.2, 0) is 4.79 Å². The molecule has 1 aromatic heterocycles. The number of nitrogens with zero attached hydrogens (tertiary/aromatic N) is 3. The Morgan fingerprint density at radius 1 is 0.846 bits per heavy atom. The van der Waals surface area contributed by atoms with Crippen LogP contribution in [-0.4, -0.2) is 40.2 Å². The van der Waals surface area contributed by atoms with Gasteiger partial charge in [-0.1, -0.05) is 78.6 Å². The maximum atomic E-state index is 12.9. The molecule has 2 saturated heterocycles. The third-order valence-electron chi connectivity index (χ3n) is 7.24. The molecule has 39 heavy (non-hydrogen) atoms. The lowest BCUT2D eigenvalue weighted by Crippen LogP contribution is -2.42. The van der Waals surface area contributed by atoms with Crippen LogP contribution >= 0.6 is 31.2 Å². The van der Waals surface area contributed by atoms with Gasteiger partial charge in [-0.2, -0.15) is 4.98 Å². The van der Waals surface area contributed by atoms with Gasteiger partial charge in [-0.05, 0) is 55.7 Å². The van der Waals surface area contributed by atoms with E-state index in [9.17, 15) is 4.79 Å². The molecule has 3 aromatic carbocycles. The summed E-state index contributed by atoms with van der Waals surface area (Å²) in [6.07, 6.45) is 5.19. The molecule has 0 aliphatic carbocycles. The highest BCUT2D eigenvalue weighted by atomic mass is 32.2. The number of oxazole rings is 1. The Morgan fingerprint density at radius 2 is 1.36 bits per heavy atom. The summed E-state index contributed by atoms with van der Waals surface area (Å²) >= 11 is 6.66. The molecule has 8 heteroatoms. The summed E-state index contributed by atoms with van der Waals surface area (Å²) in [6, 6.07) is 32.1. The molecule has 0 atom stereocenters. The fourth-order valence-electron chi connectivity index (χ4n) is 5.33. The zero-order chi connectivity index (χ0) is 26.8. The molecule has 0 unspecified atom stereocenters. The van der Waals surface area contributed by atoms with Crippen molar-refractivity contribution in [3.63, 3.8) is 0 Å². The monoisotopic (exact) mass is 570 g/mol. The first kappa shape index (κ1) is 26.0. The Bertz CT molecular complexity index is 1420. The van der Waals surface area contributed by atoms with Crippen LogP contribution in [0.1, 0.15) is 25.2 Å². The lowest BCUT2D eigenvalue weighted by atomic mass is 10.1. The van der Waals surface area contributed by atoms with Gasteiger partial charge < -0.3 is 9.32 Å². The molecule has 2 aliphatic heterocycles.